The third-order valence-electron chi connectivity index (χ3n) is 4.20. The summed E-state index contributed by atoms with van der Waals surface area (Å²) in [5.41, 5.74) is 2.88. The van der Waals surface area contributed by atoms with Crippen molar-refractivity contribution in [3.05, 3.63) is 70.6 Å². The molecule has 0 unspecified atom stereocenters. The summed E-state index contributed by atoms with van der Waals surface area (Å²) in [4.78, 5) is 25.1. The molecule has 0 saturated heterocycles. The summed E-state index contributed by atoms with van der Waals surface area (Å²) in [6, 6.07) is 7.88. The van der Waals surface area contributed by atoms with E-state index in [4.69, 9.17) is 16.0 Å². The molecule has 8 heteroatoms. The Morgan fingerprint density at radius 3 is 2.71 bits per heavy atom. The smallest absolute Gasteiger partial charge is 0.260 e. The number of aryl methyl sites for hydroxylation is 2. The Bertz CT molecular complexity index is 1180. The van der Waals surface area contributed by atoms with E-state index >= 15 is 0 Å². The fourth-order valence-corrected chi connectivity index (χ4v) is 3.14. The van der Waals surface area contributed by atoms with Crippen molar-refractivity contribution in [1.82, 2.24) is 15.0 Å². The number of hydrogen-bond donors (Lipinski definition) is 1. The maximum Gasteiger partial charge on any atom is 0.260 e. The maximum atomic E-state index is 13.9. The van der Waals surface area contributed by atoms with E-state index in [1.165, 1.54) is 18.5 Å². The molecule has 4 aromatic rings. The predicted molar refractivity (Wildman–Crippen MR) is 104 cm³/mol. The van der Waals surface area contributed by atoms with E-state index in [1.54, 1.807) is 38.1 Å². The monoisotopic (exact) mass is 396 g/mol. The van der Waals surface area contributed by atoms with Crippen LogP contribution in [0.3, 0.4) is 0 Å². The normalized spacial score (nSPS) is 11.0. The van der Waals surface area contributed by atoms with Crippen LogP contribution in [0.15, 0.2) is 47.1 Å². The molecule has 4 rings (SSSR count). The number of benzene rings is 2. The largest absolute Gasteiger partial charge is 0.441 e. The van der Waals surface area contributed by atoms with Crippen LogP contribution in [0, 0.1) is 19.7 Å². The fraction of sp³-hybridized carbons (Fsp3) is 0.100. The van der Waals surface area contributed by atoms with E-state index in [0.717, 1.165) is 0 Å². The quantitative estimate of drug-likeness (QED) is 0.530. The molecule has 140 valence electrons. The Morgan fingerprint density at radius 1 is 1.18 bits per heavy atom. The number of amides is 1. The molecule has 2 aromatic carbocycles. The van der Waals surface area contributed by atoms with Crippen LogP contribution in [0.1, 0.15) is 21.8 Å². The van der Waals surface area contributed by atoms with Crippen LogP contribution in [-0.4, -0.2) is 20.9 Å². The first-order valence-corrected chi connectivity index (χ1v) is 8.76. The zero-order chi connectivity index (χ0) is 19.8. The number of aromatic nitrogens is 3. The van der Waals surface area contributed by atoms with E-state index in [1.807, 2.05) is 0 Å². The average Bonchev–Trinajstić information content (AvgIpc) is 3.00. The van der Waals surface area contributed by atoms with Gasteiger partial charge in [-0.25, -0.2) is 14.4 Å². The number of hydrogen-bond acceptors (Lipinski definition) is 5. The van der Waals surface area contributed by atoms with Crippen molar-refractivity contribution in [3.8, 4) is 11.3 Å². The second kappa shape index (κ2) is 7.01. The van der Waals surface area contributed by atoms with E-state index in [-0.39, 0.29) is 11.4 Å². The van der Waals surface area contributed by atoms with Crippen molar-refractivity contribution >= 4 is 34.4 Å². The molecule has 2 aromatic heterocycles. The summed E-state index contributed by atoms with van der Waals surface area (Å²) in [5.74, 6) is -0.446. The van der Waals surface area contributed by atoms with Gasteiger partial charge in [-0.15, -0.1) is 0 Å². The third-order valence-corrected chi connectivity index (χ3v) is 4.52. The first-order valence-electron chi connectivity index (χ1n) is 8.38. The SMILES string of the molecule is Cc1nc2cc(Cl)c(-c3cnc(NC(=O)c4c(C)cccc4F)cn3)cc2o1. The van der Waals surface area contributed by atoms with Gasteiger partial charge in [0.15, 0.2) is 17.3 Å². The number of oxazole rings is 1. The molecule has 0 aliphatic carbocycles. The molecule has 6 nitrogen and oxygen atoms in total. The van der Waals surface area contributed by atoms with E-state index in [2.05, 4.69) is 20.3 Å². The van der Waals surface area contributed by atoms with Gasteiger partial charge in [0.05, 0.1) is 28.7 Å². The average molecular weight is 397 g/mol. The van der Waals surface area contributed by atoms with E-state index < -0.39 is 11.7 Å². The van der Waals surface area contributed by atoms with Crippen molar-refractivity contribution in [3.63, 3.8) is 0 Å². The fourth-order valence-electron chi connectivity index (χ4n) is 2.89. The first-order chi connectivity index (χ1) is 13.4. The van der Waals surface area contributed by atoms with Crippen LogP contribution in [0.5, 0.6) is 0 Å². The summed E-state index contributed by atoms with van der Waals surface area (Å²) in [7, 11) is 0. The zero-order valence-corrected chi connectivity index (χ0v) is 15.7. The number of nitrogens with zero attached hydrogens (tertiary/aromatic N) is 3. The van der Waals surface area contributed by atoms with Crippen LogP contribution >= 0.6 is 11.6 Å². The van der Waals surface area contributed by atoms with Crippen LogP contribution < -0.4 is 5.32 Å². The van der Waals surface area contributed by atoms with Crippen LogP contribution in [-0.2, 0) is 0 Å². The predicted octanol–water partition coefficient (Wildman–Crippen LogP) is 4.95. The lowest BCUT2D eigenvalue weighted by Crippen LogP contribution is -2.16. The number of carbonyl (C=O) groups is 1. The standard InChI is InChI=1S/C20H14ClFN4O2/c1-10-4-3-5-14(22)19(10)20(27)26-18-9-23-16(8-24-18)12-6-17-15(7-13(12)21)25-11(2)28-17/h3-9H,1-2H3,(H,24,26,27). The number of halogens is 2. The topological polar surface area (TPSA) is 80.9 Å². The highest BCUT2D eigenvalue weighted by Gasteiger charge is 2.16. The second-order valence-electron chi connectivity index (χ2n) is 6.21. The van der Waals surface area contributed by atoms with Gasteiger partial charge in [0, 0.05) is 12.5 Å². The first kappa shape index (κ1) is 18.1. The number of anilines is 1. The van der Waals surface area contributed by atoms with E-state index in [0.29, 0.717) is 38.8 Å². The van der Waals surface area contributed by atoms with Gasteiger partial charge in [-0.05, 0) is 30.7 Å². The number of nitrogens with one attached hydrogen (secondary N) is 1. The molecule has 0 spiro atoms. The molecule has 0 atom stereocenters. The van der Waals surface area contributed by atoms with Crippen LogP contribution in [0.4, 0.5) is 10.2 Å². The van der Waals surface area contributed by atoms with Gasteiger partial charge < -0.3 is 9.73 Å². The Morgan fingerprint density at radius 2 is 2.00 bits per heavy atom. The molecule has 28 heavy (non-hydrogen) atoms. The molecule has 1 N–H and O–H groups in total. The minimum atomic E-state index is -0.593. The van der Waals surface area contributed by atoms with Gasteiger partial charge in [0.25, 0.3) is 5.91 Å². The molecule has 1 amide bonds. The van der Waals surface area contributed by atoms with Crippen LogP contribution in [0.25, 0.3) is 22.4 Å². The molecule has 0 fully saturated rings. The van der Waals surface area contributed by atoms with Crippen LogP contribution in [0.2, 0.25) is 5.02 Å². The summed E-state index contributed by atoms with van der Waals surface area (Å²) in [5, 5.41) is 3.00. The highest BCUT2D eigenvalue weighted by molar-refractivity contribution is 6.34. The Balaban J connectivity index is 1.61. The Labute approximate surface area is 164 Å². The lowest BCUT2D eigenvalue weighted by atomic mass is 10.1. The molecule has 0 aliphatic rings. The highest BCUT2D eigenvalue weighted by Crippen LogP contribution is 2.31. The van der Waals surface area contributed by atoms with Crippen molar-refractivity contribution in [2.45, 2.75) is 13.8 Å². The van der Waals surface area contributed by atoms with Crippen molar-refractivity contribution in [2.75, 3.05) is 5.32 Å². The van der Waals surface area contributed by atoms with Gasteiger partial charge >= 0.3 is 0 Å². The molecule has 2 heterocycles. The van der Waals surface area contributed by atoms with Crippen molar-refractivity contribution in [2.24, 2.45) is 0 Å². The molecule has 0 bridgehead atoms. The lowest BCUT2D eigenvalue weighted by Gasteiger charge is -2.08. The van der Waals surface area contributed by atoms with Gasteiger partial charge in [-0.3, -0.25) is 9.78 Å². The third kappa shape index (κ3) is 3.32. The molecular formula is C20H14ClFN4O2. The molecule has 0 aliphatic heterocycles. The maximum absolute atomic E-state index is 13.9. The summed E-state index contributed by atoms with van der Waals surface area (Å²) >= 11 is 6.33. The van der Waals surface area contributed by atoms with Crippen molar-refractivity contribution < 1.29 is 13.6 Å². The minimum absolute atomic E-state index is 0.0254. The van der Waals surface area contributed by atoms with Gasteiger partial charge in [-0.1, -0.05) is 23.7 Å². The summed E-state index contributed by atoms with van der Waals surface area (Å²) in [6.07, 6.45) is 2.86. The van der Waals surface area contributed by atoms with Gasteiger partial charge in [0.2, 0.25) is 0 Å². The van der Waals surface area contributed by atoms with Gasteiger partial charge in [0.1, 0.15) is 11.3 Å². The summed E-state index contributed by atoms with van der Waals surface area (Å²) < 4.78 is 19.5. The number of carbonyl (C=O) groups excluding carboxylic acids is 1. The van der Waals surface area contributed by atoms with E-state index in [9.17, 15) is 9.18 Å². The second-order valence-corrected chi connectivity index (χ2v) is 6.61. The Kier molecular flexibility index (Phi) is 4.52. The number of rotatable bonds is 3. The zero-order valence-electron chi connectivity index (χ0n) is 15.0. The minimum Gasteiger partial charge on any atom is -0.441 e. The number of fused-ring (bicyclic) bond motifs is 1. The summed E-state index contributed by atoms with van der Waals surface area (Å²) in [6.45, 7) is 3.41. The molecule has 0 saturated carbocycles. The van der Waals surface area contributed by atoms with Gasteiger partial charge in [-0.2, -0.15) is 0 Å². The lowest BCUT2D eigenvalue weighted by molar-refractivity contribution is 0.102. The highest BCUT2D eigenvalue weighted by atomic mass is 35.5. The van der Waals surface area contributed by atoms with Crippen molar-refractivity contribution in [1.29, 1.82) is 0 Å². The Hall–Kier alpha value is -3.32. The molecule has 0 radical (unpaired) electrons. The molecular weight excluding hydrogens is 383 g/mol.